The molecule has 0 spiro atoms. The molecule has 2 unspecified atom stereocenters. The van der Waals surface area contributed by atoms with Gasteiger partial charge in [0.2, 0.25) is 7.37 Å². The molecule has 0 aromatic heterocycles. The fourth-order valence-corrected chi connectivity index (χ4v) is 5.53. The second-order valence-electron chi connectivity index (χ2n) is 7.82. The number of carboxylic acid groups (broad SMARTS) is 1. The third kappa shape index (κ3) is 6.57. The Morgan fingerprint density at radius 2 is 1.72 bits per heavy atom. The average molecular weight is 593 g/mol. The average Bonchev–Trinajstić information content (AvgIpc) is 2.63. The van der Waals surface area contributed by atoms with Crippen molar-refractivity contribution in [1.82, 2.24) is 4.90 Å². The Morgan fingerprint density at radius 3 is 2.19 bits per heavy atom. The van der Waals surface area contributed by atoms with Crippen LogP contribution in [-0.4, -0.2) is 51.6 Å². The number of carbonyl (C=O) groups is 2. The zero-order chi connectivity index (χ0) is 24.4. The predicted molar refractivity (Wildman–Crippen MR) is 128 cm³/mol. The van der Waals surface area contributed by atoms with Crippen LogP contribution >= 0.6 is 39.2 Å². The number of likely N-dealkylation sites (N-methyl/N-ethyl adjacent to an activating group) is 1. The van der Waals surface area contributed by atoms with E-state index >= 15 is 0 Å². The Labute approximate surface area is 202 Å². The molecule has 1 amide bonds. The number of hydrogen-bond donors (Lipinski definition) is 3. The summed E-state index contributed by atoms with van der Waals surface area (Å²) < 4.78 is 18.6. The lowest BCUT2D eigenvalue weighted by Gasteiger charge is -2.28. The number of phenols is 1. The quantitative estimate of drug-likeness (QED) is 0.356. The topological polar surface area (TPSA) is 124 Å². The van der Waals surface area contributed by atoms with Gasteiger partial charge in [-0.15, -0.1) is 0 Å². The maximum absolute atomic E-state index is 12.9. The number of aromatic hydroxyl groups is 1. The van der Waals surface area contributed by atoms with Crippen LogP contribution in [0.4, 0.5) is 0 Å². The lowest BCUT2D eigenvalue weighted by Crippen LogP contribution is -2.45. The van der Waals surface area contributed by atoms with Gasteiger partial charge in [0.15, 0.2) is 5.75 Å². The Balaban J connectivity index is 2.37. The van der Waals surface area contributed by atoms with Crippen LogP contribution in [0.15, 0.2) is 39.3 Å². The van der Waals surface area contributed by atoms with E-state index in [1.807, 2.05) is 0 Å². The van der Waals surface area contributed by atoms with Crippen molar-refractivity contribution in [3.63, 3.8) is 0 Å². The summed E-state index contributed by atoms with van der Waals surface area (Å²) in [4.78, 5) is 35.2. The van der Waals surface area contributed by atoms with Crippen molar-refractivity contribution in [2.45, 2.75) is 26.1 Å². The molecule has 0 aliphatic heterocycles. The van der Waals surface area contributed by atoms with Gasteiger partial charge < -0.3 is 24.7 Å². The van der Waals surface area contributed by atoms with E-state index < -0.39 is 25.3 Å². The van der Waals surface area contributed by atoms with Gasteiger partial charge in [-0.25, -0.2) is 4.79 Å². The summed E-state index contributed by atoms with van der Waals surface area (Å²) in [6.07, 6.45) is -0.00469. The first-order valence-corrected chi connectivity index (χ1v) is 13.4. The molecule has 2 atom stereocenters. The summed E-state index contributed by atoms with van der Waals surface area (Å²) in [7, 11) is -1.89. The highest BCUT2D eigenvalue weighted by atomic mass is 79.9. The van der Waals surface area contributed by atoms with Gasteiger partial charge in [0.05, 0.1) is 14.5 Å². The van der Waals surface area contributed by atoms with Gasteiger partial charge in [-0.05, 0) is 73.7 Å². The van der Waals surface area contributed by atoms with Crippen molar-refractivity contribution in [1.29, 1.82) is 0 Å². The standard InChI is InChI=1S/C21H24Br2NO7P/c1-11(2)18(21(27)28)24(3)20(26)14-9-13(5-6-17(14)25)31-19-15(22)7-12(8-16(19)23)10-32(4,29)30/h5-9,11,18,25H,10H2,1-4H3,(H,27,28)(H,29,30). The summed E-state index contributed by atoms with van der Waals surface area (Å²) in [5.74, 6) is -1.86. The zero-order valence-electron chi connectivity index (χ0n) is 17.9. The van der Waals surface area contributed by atoms with Crippen LogP contribution in [0, 0.1) is 5.92 Å². The van der Waals surface area contributed by atoms with Crippen molar-refractivity contribution in [2.24, 2.45) is 5.92 Å². The fraction of sp³-hybridized carbons (Fsp3) is 0.333. The summed E-state index contributed by atoms with van der Waals surface area (Å²) >= 11 is 6.77. The summed E-state index contributed by atoms with van der Waals surface area (Å²) in [6.45, 7) is 4.66. The molecule has 0 bridgehead atoms. The number of amides is 1. The number of phenolic OH excluding ortho intramolecular Hbond substituents is 1. The molecule has 2 rings (SSSR count). The van der Waals surface area contributed by atoms with E-state index in [2.05, 4.69) is 31.9 Å². The van der Waals surface area contributed by atoms with Crippen molar-refractivity contribution in [3.05, 3.63) is 50.4 Å². The lowest BCUT2D eigenvalue weighted by molar-refractivity contribution is -0.143. The highest BCUT2D eigenvalue weighted by Gasteiger charge is 2.31. The molecule has 32 heavy (non-hydrogen) atoms. The number of hydrogen-bond acceptors (Lipinski definition) is 5. The molecule has 174 valence electrons. The first kappa shape index (κ1) is 26.4. The second-order valence-corrected chi connectivity index (χ2v) is 11.9. The van der Waals surface area contributed by atoms with Gasteiger partial charge in [-0.1, -0.05) is 13.8 Å². The van der Waals surface area contributed by atoms with Gasteiger partial charge in [-0.3, -0.25) is 9.36 Å². The molecule has 2 aromatic carbocycles. The van der Waals surface area contributed by atoms with E-state index in [1.54, 1.807) is 26.0 Å². The van der Waals surface area contributed by atoms with E-state index in [4.69, 9.17) is 4.74 Å². The highest BCUT2D eigenvalue weighted by molar-refractivity contribution is 9.11. The predicted octanol–water partition coefficient (Wildman–Crippen LogP) is 5.29. The summed E-state index contributed by atoms with van der Waals surface area (Å²) in [6, 6.07) is 6.33. The minimum absolute atomic E-state index is 0.00469. The normalized spacial score (nSPS) is 14.0. The number of aliphatic carboxylic acids is 1. The molecule has 2 aromatic rings. The summed E-state index contributed by atoms with van der Waals surface area (Å²) in [5.41, 5.74) is 0.522. The molecule has 0 fully saturated rings. The van der Waals surface area contributed by atoms with Gasteiger partial charge in [-0.2, -0.15) is 0 Å². The van der Waals surface area contributed by atoms with Crippen molar-refractivity contribution in [3.8, 4) is 17.2 Å². The molecule has 0 saturated heterocycles. The van der Waals surface area contributed by atoms with Crippen LogP contribution in [0.25, 0.3) is 0 Å². The zero-order valence-corrected chi connectivity index (χ0v) is 21.9. The number of rotatable bonds is 8. The molecule has 0 saturated carbocycles. The molecular formula is C21H24Br2NO7P. The number of nitrogens with zero attached hydrogens (tertiary/aromatic N) is 1. The first-order valence-electron chi connectivity index (χ1n) is 9.49. The number of carbonyl (C=O) groups excluding carboxylic acids is 1. The Bertz CT molecular complexity index is 1060. The van der Waals surface area contributed by atoms with E-state index in [0.717, 1.165) is 4.90 Å². The first-order chi connectivity index (χ1) is 14.7. The van der Waals surface area contributed by atoms with E-state index in [9.17, 15) is 29.3 Å². The number of halogens is 2. The second kappa shape index (κ2) is 10.4. The minimum atomic E-state index is -3.26. The van der Waals surface area contributed by atoms with E-state index in [-0.39, 0.29) is 29.1 Å². The van der Waals surface area contributed by atoms with Crippen molar-refractivity contribution >= 4 is 51.1 Å². The molecule has 3 N–H and O–H groups in total. The number of benzene rings is 2. The van der Waals surface area contributed by atoms with Crippen LogP contribution in [0.1, 0.15) is 29.8 Å². The largest absolute Gasteiger partial charge is 0.507 e. The minimum Gasteiger partial charge on any atom is -0.507 e. The van der Waals surface area contributed by atoms with Crippen LogP contribution in [-0.2, 0) is 15.5 Å². The maximum atomic E-state index is 12.9. The molecule has 0 heterocycles. The number of ether oxygens (including phenoxy) is 1. The molecular weight excluding hydrogens is 569 g/mol. The van der Waals surface area contributed by atoms with Crippen LogP contribution in [0.3, 0.4) is 0 Å². The molecule has 0 aliphatic carbocycles. The smallest absolute Gasteiger partial charge is 0.326 e. The molecule has 0 aliphatic rings. The van der Waals surface area contributed by atoms with Crippen LogP contribution in [0.5, 0.6) is 17.2 Å². The van der Waals surface area contributed by atoms with Gasteiger partial charge in [0.1, 0.15) is 17.5 Å². The number of carboxylic acids is 1. The van der Waals surface area contributed by atoms with Gasteiger partial charge in [0.25, 0.3) is 5.91 Å². The van der Waals surface area contributed by atoms with Crippen molar-refractivity contribution < 1.29 is 34.0 Å². The van der Waals surface area contributed by atoms with Crippen molar-refractivity contribution in [2.75, 3.05) is 13.7 Å². The van der Waals surface area contributed by atoms with E-state index in [0.29, 0.717) is 20.3 Å². The van der Waals surface area contributed by atoms with Crippen LogP contribution in [0.2, 0.25) is 0 Å². The lowest BCUT2D eigenvalue weighted by atomic mass is 10.0. The SMILES string of the molecule is CC(C)C(C(=O)O)N(C)C(=O)c1cc(Oc2c(Br)cc(CP(C)(=O)O)cc2Br)ccc1O. The summed E-state index contributed by atoms with van der Waals surface area (Å²) in [5, 5.41) is 19.7. The van der Waals surface area contributed by atoms with Gasteiger partial charge >= 0.3 is 5.97 Å². The van der Waals surface area contributed by atoms with Crippen LogP contribution < -0.4 is 4.74 Å². The Kier molecular flexibility index (Phi) is 8.56. The maximum Gasteiger partial charge on any atom is 0.326 e. The van der Waals surface area contributed by atoms with E-state index in [1.165, 1.54) is 31.9 Å². The fourth-order valence-electron chi connectivity index (χ4n) is 3.22. The third-order valence-corrected chi connectivity index (χ3v) is 6.70. The van der Waals surface area contributed by atoms with Gasteiger partial charge in [0, 0.05) is 19.9 Å². The third-order valence-electron chi connectivity index (χ3n) is 4.57. The molecule has 8 nitrogen and oxygen atoms in total. The monoisotopic (exact) mass is 591 g/mol. The Morgan fingerprint density at radius 1 is 1.16 bits per heavy atom. The highest BCUT2D eigenvalue weighted by Crippen LogP contribution is 2.44. The molecule has 11 heteroatoms. The molecule has 0 radical (unpaired) electrons. The Hall–Kier alpha value is -1.87.